The SMILES string of the molecule is Cc1ccc(OCC(=O)NCCCCO)cc1. The van der Waals surface area contributed by atoms with E-state index in [1.54, 1.807) is 0 Å². The molecule has 17 heavy (non-hydrogen) atoms. The molecule has 1 amide bonds. The Morgan fingerprint density at radius 1 is 1.29 bits per heavy atom. The topological polar surface area (TPSA) is 58.6 Å². The second kappa shape index (κ2) is 7.68. The largest absolute Gasteiger partial charge is 0.484 e. The van der Waals surface area contributed by atoms with Gasteiger partial charge in [0, 0.05) is 13.2 Å². The van der Waals surface area contributed by atoms with Crippen LogP contribution in [0.15, 0.2) is 24.3 Å². The Balaban J connectivity index is 2.17. The number of hydrogen-bond acceptors (Lipinski definition) is 3. The van der Waals surface area contributed by atoms with Crippen LogP contribution in [0.3, 0.4) is 0 Å². The monoisotopic (exact) mass is 237 g/mol. The lowest BCUT2D eigenvalue weighted by atomic mass is 10.2. The van der Waals surface area contributed by atoms with Crippen LogP contribution in [-0.4, -0.2) is 30.8 Å². The maximum absolute atomic E-state index is 11.3. The number of ether oxygens (including phenoxy) is 1. The summed E-state index contributed by atoms with van der Waals surface area (Å²) in [5.41, 5.74) is 1.16. The van der Waals surface area contributed by atoms with Gasteiger partial charge < -0.3 is 15.2 Å². The van der Waals surface area contributed by atoms with E-state index in [1.165, 1.54) is 0 Å². The van der Waals surface area contributed by atoms with Gasteiger partial charge in [-0.2, -0.15) is 0 Å². The van der Waals surface area contributed by atoms with Crippen LogP contribution in [0.25, 0.3) is 0 Å². The first-order chi connectivity index (χ1) is 8.22. The normalized spacial score (nSPS) is 10.0. The van der Waals surface area contributed by atoms with Crippen molar-refractivity contribution < 1.29 is 14.6 Å². The number of carbonyl (C=O) groups excluding carboxylic acids is 1. The first-order valence-electron chi connectivity index (χ1n) is 5.79. The summed E-state index contributed by atoms with van der Waals surface area (Å²) in [6.45, 7) is 2.77. The molecule has 0 radical (unpaired) electrons. The summed E-state index contributed by atoms with van der Waals surface area (Å²) in [6, 6.07) is 7.56. The van der Waals surface area contributed by atoms with Crippen LogP contribution in [-0.2, 0) is 4.79 Å². The number of aryl methyl sites for hydroxylation is 1. The lowest BCUT2D eigenvalue weighted by Crippen LogP contribution is -2.29. The van der Waals surface area contributed by atoms with Gasteiger partial charge in [0.15, 0.2) is 6.61 Å². The molecular weight excluding hydrogens is 218 g/mol. The Kier molecular flexibility index (Phi) is 6.10. The second-order valence-corrected chi connectivity index (χ2v) is 3.88. The minimum Gasteiger partial charge on any atom is -0.484 e. The molecule has 0 aromatic heterocycles. The lowest BCUT2D eigenvalue weighted by molar-refractivity contribution is -0.123. The van der Waals surface area contributed by atoms with Gasteiger partial charge in [-0.15, -0.1) is 0 Å². The van der Waals surface area contributed by atoms with Crippen molar-refractivity contribution in [2.75, 3.05) is 19.8 Å². The molecule has 1 aromatic carbocycles. The van der Waals surface area contributed by atoms with Crippen LogP contribution in [0.1, 0.15) is 18.4 Å². The number of aliphatic hydroxyl groups excluding tert-OH is 1. The molecule has 0 unspecified atom stereocenters. The van der Waals surface area contributed by atoms with E-state index in [0.29, 0.717) is 18.7 Å². The van der Waals surface area contributed by atoms with Crippen molar-refractivity contribution in [2.45, 2.75) is 19.8 Å². The Morgan fingerprint density at radius 3 is 2.65 bits per heavy atom. The number of nitrogens with one attached hydrogen (secondary N) is 1. The van der Waals surface area contributed by atoms with Crippen molar-refractivity contribution >= 4 is 5.91 Å². The van der Waals surface area contributed by atoms with Crippen LogP contribution >= 0.6 is 0 Å². The molecular formula is C13H19NO3. The van der Waals surface area contributed by atoms with Crippen molar-refractivity contribution in [3.63, 3.8) is 0 Å². The predicted octanol–water partition coefficient (Wildman–Crippen LogP) is 1.26. The molecule has 0 saturated carbocycles. The van der Waals surface area contributed by atoms with Gasteiger partial charge in [0.2, 0.25) is 0 Å². The summed E-state index contributed by atoms with van der Waals surface area (Å²) in [6.07, 6.45) is 1.49. The van der Waals surface area contributed by atoms with Crippen molar-refractivity contribution in [3.8, 4) is 5.75 Å². The Labute approximate surface area is 102 Å². The fraction of sp³-hybridized carbons (Fsp3) is 0.462. The number of benzene rings is 1. The summed E-state index contributed by atoms with van der Waals surface area (Å²) in [4.78, 5) is 11.3. The minimum absolute atomic E-state index is 0.0299. The maximum Gasteiger partial charge on any atom is 0.257 e. The Bertz CT molecular complexity index is 335. The summed E-state index contributed by atoms with van der Waals surface area (Å²) in [5, 5.41) is 11.3. The molecule has 0 aliphatic rings. The standard InChI is InChI=1S/C13H19NO3/c1-11-4-6-12(7-5-11)17-10-13(16)14-8-2-3-9-15/h4-7,15H,2-3,8-10H2,1H3,(H,14,16). The van der Waals surface area contributed by atoms with E-state index >= 15 is 0 Å². The van der Waals surface area contributed by atoms with Crippen molar-refractivity contribution in [2.24, 2.45) is 0 Å². The van der Waals surface area contributed by atoms with E-state index in [4.69, 9.17) is 9.84 Å². The van der Waals surface area contributed by atoms with Crippen LogP contribution in [0.4, 0.5) is 0 Å². The van der Waals surface area contributed by atoms with Crippen molar-refractivity contribution in [1.29, 1.82) is 0 Å². The third-order valence-corrected chi connectivity index (χ3v) is 2.30. The maximum atomic E-state index is 11.3. The first kappa shape index (κ1) is 13.5. The number of aliphatic hydroxyl groups is 1. The predicted molar refractivity (Wildman–Crippen MR) is 66.0 cm³/mol. The smallest absolute Gasteiger partial charge is 0.257 e. The van der Waals surface area contributed by atoms with Gasteiger partial charge in [-0.1, -0.05) is 17.7 Å². The fourth-order valence-corrected chi connectivity index (χ4v) is 1.30. The number of rotatable bonds is 7. The number of hydrogen-bond donors (Lipinski definition) is 2. The highest BCUT2D eigenvalue weighted by molar-refractivity contribution is 5.77. The highest BCUT2D eigenvalue weighted by Crippen LogP contribution is 2.10. The van der Waals surface area contributed by atoms with Crippen molar-refractivity contribution in [3.05, 3.63) is 29.8 Å². The van der Waals surface area contributed by atoms with Crippen LogP contribution in [0.2, 0.25) is 0 Å². The van der Waals surface area contributed by atoms with Gasteiger partial charge in [-0.3, -0.25) is 4.79 Å². The Morgan fingerprint density at radius 2 is 2.00 bits per heavy atom. The van der Waals surface area contributed by atoms with Gasteiger partial charge in [0.25, 0.3) is 5.91 Å². The highest BCUT2D eigenvalue weighted by atomic mass is 16.5. The van der Waals surface area contributed by atoms with Gasteiger partial charge in [0.1, 0.15) is 5.75 Å². The Hall–Kier alpha value is -1.55. The molecule has 1 rings (SSSR count). The van der Waals surface area contributed by atoms with Gasteiger partial charge >= 0.3 is 0 Å². The average molecular weight is 237 g/mol. The zero-order valence-corrected chi connectivity index (χ0v) is 10.1. The molecule has 0 saturated heterocycles. The third-order valence-electron chi connectivity index (χ3n) is 2.30. The quantitative estimate of drug-likeness (QED) is 0.702. The molecule has 4 nitrogen and oxygen atoms in total. The molecule has 1 aromatic rings. The molecule has 0 heterocycles. The molecule has 0 fully saturated rings. The molecule has 4 heteroatoms. The summed E-state index contributed by atoms with van der Waals surface area (Å²) in [5.74, 6) is 0.560. The fourth-order valence-electron chi connectivity index (χ4n) is 1.30. The second-order valence-electron chi connectivity index (χ2n) is 3.88. The molecule has 0 spiro atoms. The number of carbonyl (C=O) groups is 1. The number of amides is 1. The summed E-state index contributed by atoms with van der Waals surface area (Å²) in [7, 11) is 0. The zero-order chi connectivity index (χ0) is 12.5. The first-order valence-corrected chi connectivity index (χ1v) is 5.79. The van der Waals surface area contributed by atoms with E-state index in [2.05, 4.69) is 5.32 Å². The van der Waals surface area contributed by atoms with E-state index in [-0.39, 0.29) is 19.1 Å². The van der Waals surface area contributed by atoms with E-state index in [9.17, 15) is 4.79 Å². The molecule has 94 valence electrons. The summed E-state index contributed by atoms with van der Waals surface area (Å²) >= 11 is 0. The number of unbranched alkanes of at least 4 members (excludes halogenated alkanes) is 1. The van der Waals surface area contributed by atoms with E-state index in [0.717, 1.165) is 12.0 Å². The van der Waals surface area contributed by atoms with Crippen molar-refractivity contribution in [1.82, 2.24) is 5.32 Å². The van der Waals surface area contributed by atoms with Gasteiger partial charge in [-0.05, 0) is 31.9 Å². The third kappa shape index (κ3) is 5.92. The van der Waals surface area contributed by atoms with E-state index < -0.39 is 0 Å². The van der Waals surface area contributed by atoms with E-state index in [1.807, 2.05) is 31.2 Å². The average Bonchev–Trinajstić information content (AvgIpc) is 2.34. The molecule has 2 N–H and O–H groups in total. The lowest BCUT2D eigenvalue weighted by Gasteiger charge is -2.07. The summed E-state index contributed by atoms with van der Waals surface area (Å²) < 4.78 is 5.32. The minimum atomic E-state index is -0.136. The highest BCUT2D eigenvalue weighted by Gasteiger charge is 2.01. The molecule has 0 aliphatic heterocycles. The van der Waals surface area contributed by atoms with Crippen LogP contribution in [0, 0.1) is 6.92 Å². The van der Waals surface area contributed by atoms with Gasteiger partial charge in [0.05, 0.1) is 0 Å². The molecule has 0 atom stereocenters. The zero-order valence-electron chi connectivity index (χ0n) is 10.1. The van der Waals surface area contributed by atoms with Gasteiger partial charge in [-0.25, -0.2) is 0 Å². The van der Waals surface area contributed by atoms with Crippen LogP contribution < -0.4 is 10.1 Å². The molecule has 0 aliphatic carbocycles. The molecule has 0 bridgehead atoms. The van der Waals surface area contributed by atoms with Crippen LogP contribution in [0.5, 0.6) is 5.75 Å².